The Morgan fingerprint density at radius 1 is 1.20 bits per heavy atom. The van der Waals surface area contributed by atoms with Crippen molar-refractivity contribution in [2.24, 2.45) is 0 Å². The second kappa shape index (κ2) is 6.99. The van der Waals surface area contributed by atoms with Crippen LogP contribution in [0.3, 0.4) is 0 Å². The lowest BCUT2D eigenvalue weighted by atomic mass is 10.1. The minimum Gasteiger partial charge on any atom is -0.303 e. The van der Waals surface area contributed by atoms with E-state index in [1.54, 1.807) is 0 Å². The Morgan fingerprint density at radius 2 is 1.93 bits per heavy atom. The van der Waals surface area contributed by atoms with E-state index in [0.717, 1.165) is 25.5 Å². The van der Waals surface area contributed by atoms with E-state index < -0.39 is 0 Å². The summed E-state index contributed by atoms with van der Waals surface area (Å²) in [6, 6.07) is 10.5. The number of carbonyl (C=O) groups excluding carboxylic acids is 1. The van der Waals surface area contributed by atoms with Gasteiger partial charge in [-0.3, -0.25) is 0 Å². The molecule has 0 heterocycles. The first-order valence-corrected chi connectivity index (χ1v) is 5.46. The molecule has 1 nitrogen and oxygen atoms in total. The predicted molar refractivity (Wildman–Crippen MR) is 63.8 cm³/mol. The van der Waals surface area contributed by atoms with Gasteiger partial charge in [-0.15, -0.1) is 0 Å². The second-order valence-electron chi connectivity index (χ2n) is 3.78. The van der Waals surface area contributed by atoms with Crippen molar-refractivity contribution in [1.29, 1.82) is 0 Å². The normalized spacial score (nSPS) is 11.4. The number of hydrogen-bond acceptors (Lipinski definition) is 1. The quantitative estimate of drug-likeness (QED) is 0.509. The summed E-state index contributed by atoms with van der Waals surface area (Å²) in [7, 11) is 0. The second-order valence-corrected chi connectivity index (χ2v) is 3.78. The maximum Gasteiger partial charge on any atom is 0.120 e. The standard InChI is InChI=1S/C14H18O/c1-13(8-6-12-15)7-5-11-14-9-3-2-4-10-14/h2-4,7,9-10,12H,5-6,8,11H2,1H3. The molecule has 1 rings (SSSR count). The summed E-state index contributed by atoms with van der Waals surface area (Å²) < 4.78 is 0. The summed E-state index contributed by atoms with van der Waals surface area (Å²) in [6.45, 7) is 2.09. The molecule has 0 N–H and O–H groups in total. The van der Waals surface area contributed by atoms with Crippen molar-refractivity contribution in [2.45, 2.75) is 32.6 Å². The van der Waals surface area contributed by atoms with Gasteiger partial charge >= 0.3 is 0 Å². The van der Waals surface area contributed by atoms with Crippen LogP contribution in [-0.4, -0.2) is 6.29 Å². The number of hydrogen-bond donors (Lipinski definition) is 0. The molecule has 80 valence electrons. The molecule has 0 aromatic heterocycles. The van der Waals surface area contributed by atoms with Crippen molar-refractivity contribution in [3.05, 3.63) is 47.5 Å². The summed E-state index contributed by atoms with van der Waals surface area (Å²) in [5.74, 6) is 0. The SMILES string of the molecule is CC(=CCCc1ccccc1)CCC=O. The first-order valence-electron chi connectivity index (χ1n) is 5.46. The zero-order valence-electron chi connectivity index (χ0n) is 9.28. The molecular formula is C14H18O. The molecule has 0 fully saturated rings. The molecule has 0 spiro atoms. The lowest BCUT2D eigenvalue weighted by Gasteiger charge is -1.99. The van der Waals surface area contributed by atoms with E-state index in [4.69, 9.17) is 0 Å². The third-order valence-electron chi connectivity index (χ3n) is 2.43. The van der Waals surface area contributed by atoms with Crippen LogP contribution in [0.1, 0.15) is 31.7 Å². The average molecular weight is 202 g/mol. The van der Waals surface area contributed by atoms with Gasteiger partial charge in [-0.25, -0.2) is 0 Å². The van der Waals surface area contributed by atoms with Gasteiger partial charge in [0.25, 0.3) is 0 Å². The highest BCUT2D eigenvalue weighted by Gasteiger charge is 1.91. The molecule has 1 aromatic carbocycles. The van der Waals surface area contributed by atoms with Crippen molar-refractivity contribution in [1.82, 2.24) is 0 Å². The summed E-state index contributed by atoms with van der Waals surface area (Å²) in [6.07, 6.45) is 6.91. The Morgan fingerprint density at radius 3 is 2.60 bits per heavy atom. The third-order valence-corrected chi connectivity index (χ3v) is 2.43. The van der Waals surface area contributed by atoms with E-state index in [1.165, 1.54) is 11.1 Å². The number of aryl methyl sites for hydroxylation is 1. The van der Waals surface area contributed by atoms with Crippen LogP contribution in [-0.2, 0) is 11.2 Å². The number of allylic oxidation sites excluding steroid dienone is 2. The largest absolute Gasteiger partial charge is 0.303 e. The van der Waals surface area contributed by atoms with Crippen molar-refractivity contribution in [2.75, 3.05) is 0 Å². The van der Waals surface area contributed by atoms with Crippen molar-refractivity contribution in [3.63, 3.8) is 0 Å². The summed E-state index contributed by atoms with van der Waals surface area (Å²) in [5.41, 5.74) is 2.69. The number of benzene rings is 1. The first-order chi connectivity index (χ1) is 7.33. The molecule has 0 amide bonds. The van der Waals surface area contributed by atoms with Crippen molar-refractivity contribution >= 4 is 6.29 Å². The van der Waals surface area contributed by atoms with Gasteiger partial charge in [-0.1, -0.05) is 42.0 Å². The van der Waals surface area contributed by atoms with E-state index in [-0.39, 0.29) is 0 Å². The molecule has 0 saturated heterocycles. The molecule has 0 aliphatic rings. The fourth-order valence-corrected chi connectivity index (χ4v) is 1.52. The zero-order chi connectivity index (χ0) is 10.9. The first kappa shape index (κ1) is 11.7. The Hall–Kier alpha value is -1.37. The molecule has 0 saturated carbocycles. The smallest absolute Gasteiger partial charge is 0.120 e. The molecular weight excluding hydrogens is 184 g/mol. The number of carbonyl (C=O) groups is 1. The molecule has 0 radical (unpaired) electrons. The maximum absolute atomic E-state index is 10.2. The molecule has 15 heavy (non-hydrogen) atoms. The fraction of sp³-hybridized carbons (Fsp3) is 0.357. The van der Waals surface area contributed by atoms with Crippen LogP contribution in [0.25, 0.3) is 0 Å². The van der Waals surface area contributed by atoms with Gasteiger partial charge in [0, 0.05) is 6.42 Å². The number of rotatable bonds is 6. The summed E-state index contributed by atoms with van der Waals surface area (Å²) >= 11 is 0. The Kier molecular flexibility index (Phi) is 5.46. The monoisotopic (exact) mass is 202 g/mol. The highest BCUT2D eigenvalue weighted by Crippen LogP contribution is 2.07. The molecule has 0 aliphatic carbocycles. The molecule has 1 heteroatoms. The van der Waals surface area contributed by atoms with Crippen molar-refractivity contribution < 1.29 is 4.79 Å². The molecule has 0 atom stereocenters. The van der Waals surface area contributed by atoms with E-state index >= 15 is 0 Å². The van der Waals surface area contributed by atoms with Gasteiger partial charge in [-0.05, 0) is 31.7 Å². The topological polar surface area (TPSA) is 17.1 Å². The Bertz CT molecular complexity index is 311. The van der Waals surface area contributed by atoms with Crippen LogP contribution in [0.5, 0.6) is 0 Å². The maximum atomic E-state index is 10.2. The van der Waals surface area contributed by atoms with Crippen molar-refractivity contribution in [3.8, 4) is 0 Å². The van der Waals surface area contributed by atoms with Gasteiger partial charge in [0.1, 0.15) is 6.29 Å². The lowest BCUT2D eigenvalue weighted by molar-refractivity contribution is -0.107. The average Bonchev–Trinajstić information content (AvgIpc) is 2.28. The summed E-state index contributed by atoms with van der Waals surface area (Å²) in [4.78, 5) is 10.2. The molecule has 1 aromatic rings. The minimum atomic E-state index is 0.646. The van der Waals surface area contributed by atoms with Gasteiger partial charge in [0.05, 0.1) is 0 Å². The molecule has 0 aliphatic heterocycles. The lowest BCUT2D eigenvalue weighted by Crippen LogP contribution is -1.84. The van der Waals surface area contributed by atoms with Crippen LogP contribution >= 0.6 is 0 Å². The Labute approximate surface area is 91.8 Å². The highest BCUT2D eigenvalue weighted by atomic mass is 16.1. The summed E-state index contributed by atoms with van der Waals surface area (Å²) in [5, 5.41) is 0. The minimum absolute atomic E-state index is 0.646. The van der Waals surface area contributed by atoms with Gasteiger partial charge < -0.3 is 4.79 Å². The zero-order valence-corrected chi connectivity index (χ0v) is 9.28. The predicted octanol–water partition coefficient (Wildman–Crippen LogP) is 3.54. The van der Waals surface area contributed by atoms with Crippen LogP contribution in [0, 0.1) is 0 Å². The van der Waals surface area contributed by atoms with Gasteiger partial charge in [0.2, 0.25) is 0 Å². The molecule has 0 bridgehead atoms. The van der Waals surface area contributed by atoms with E-state index in [0.29, 0.717) is 6.42 Å². The third kappa shape index (κ3) is 5.16. The van der Waals surface area contributed by atoms with E-state index in [2.05, 4.69) is 37.3 Å². The van der Waals surface area contributed by atoms with Crippen LogP contribution in [0.4, 0.5) is 0 Å². The van der Waals surface area contributed by atoms with Crippen LogP contribution in [0.2, 0.25) is 0 Å². The van der Waals surface area contributed by atoms with Crippen LogP contribution < -0.4 is 0 Å². The highest BCUT2D eigenvalue weighted by molar-refractivity contribution is 5.49. The van der Waals surface area contributed by atoms with Crippen LogP contribution in [0.15, 0.2) is 42.0 Å². The Balaban J connectivity index is 2.29. The van der Waals surface area contributed by atoms with E-state index in [9.17, 15) is 4.79 Å². The van der Waals surface area contributed by atoms with Gasteiger partial charge in [-0.2, -0.15) is 0 Å². The van der Waals surface area contributed by atoms with Gasteiger partial charge in [0.15, 0.2) is 0 Å². The van der Waals surface area contributed by atoms with E-state index in [1.807, 2.05) is 6.07 Å². The number of aldehydes is 1. The molecule has 0 unspecified atom stereocenters. The fourth-order valence-electron chi connectivity index (χ4n) is 1.52.